The Labute approximate surface area is 185 Å². The van der Waals surface area contributed by atoms with Crippen molar-refractivity contribution in [3.05, 3.63) is 89.2 Å². The minimum Gasteiger partial charge on any atom is -0.352 e. The Hall–Kier alpha value is -3.12. The molecule has 162 valence electrons. The van der Waals surface area contributed by atoms with Crippen LogP contribution in [0.15, 0.2) is 72.0 Å². The number of likely N-dealkylation sites (tertiary alicyclic amines) is 1. The standard InChI is InChI=1S/C25H32N6/c1-26-25(27-17-21-8-10-22(11-9-21)19-30-13-2-3-14-30)28-18-23-6-4-7-24(16-23)20-31-15-5-12-29-31/h4-12,15-16H,2-3,13-14,17-20H2,1H3,(H2,26,27,28). The number of guanidine groups is 1. The molecule has 3 aromatic rings. The molecule has 31 heavy (non-hydrogen) atoms. The van der Waals surface area contributed by atoms with E-state index >= 15 is 0 Å². The van der Waals surface area contributed by atoms with Gasteiger partial charge in [-0.2, -0.15) is 5.10 Å². The average Bonchev–Trinajstić information content (AvgIpc) is 3.50. The van der Waals surface area contributed by atoms with Crippen LogP contribution in [0.25, 0.3) is 0 Å². The fraction of sp³-hybridized carbons (Fsp3) is 0.360. The second-order valence-corrected chi connectivity index (χ2v) is 8.10. The molecule has 6 nitrogen and oxygen atoms in total. The molecule has 0 aliphatic carbocycles. The summed E-state index contributed by atoms with van der Waals surface area (Å²) in [5.74, 6) is 0.804. The zero-order valence-electron chi connectivity index (χ0n) is 18.3. The van der Waals surface area contributed by atoms with Crippen molar-refractivity contribution in [1.29, 1.82) is 0 Å². The summed E-state index contributed by atoms with van der Waals surface area (Å²) in [4.78, 5) is 6.89. The highest BCUT2D eigenvalue weighted by Gasteiger charge is 2.11. The van der Waals surface area contributed by atoms with Crippen molar-refractivity contribution in [2.75, 3.05) is 20.1 Å². The lowest BCUT2D eigenvalue weighted by Crippen LogP contribution is -2.36. The molecular weight excluding hydrogens is 384 g/mol. The first kappa shape index (κ1) is 21.1. The molecule has 0 unspecified atom stereocenters. The number of rotatable bonds is 8. The molecule has 4 rings (SSSR count). The molecule has 1 saturated heterocycles. The summed E-state index contributed by atoms with van der Waals surface area (Å²) in [5.41, 5.74) is 5.11. The minimum atomic E-state index is 0.724. The van der Waals surface area contributed by atoms with Gasteiger partial charge in [0.2, 0.25) is 0 Å². The maximum absolute atomic E-state index is 4.36. The van der Waals surface area contributed by atoms with Gasteiger partial charge in [0.1, 0.15) is 0 Å². The molecule has 0 bridgehead atoms. The highest BCUT2D eigenvalue weighted by Crippen LogP contribution is 2.13. The quantitative estimate of drug-likeness (QED) is 0.437. The Balaban J connectivity index is 1.24. The van der Waals surface area contributed by atoms with E-state index in [4.69, 9.17) is 0 Å². The Morgan fingerprint density at radius 1 is 0.871 bits per heavy atom. The van der Waals surface area contributed by atoms with Crippen molar-refractivity contribution in [1.82, 2.24) is 25.3 Å². The van der Waals surface area contributed by atoms with Gasteiger partial charge < -0.3 is 10.6 Å². The van der Waals surface area contributed by atoms with Crippen molar-refractivity contribution in [3.8, 4) is 0 Å². The maximum Gasteiger partial charge on any atom is 0.191 e. The smallest absolute Gasteiger partial charge is 0.191 e. The molecule has 1 aromatic heterocycles. The fourth-order valence-electron chi connectivity index (χ4n) is 3.97. The van der Waals surface area contributed by atoms with Gasteiger partial charge >= 0.3 is 0 Å². The van der Waals surface area contributed by atoms with E-state index < -0.39 is 0 Å². The van der Waals surface area contributed by atoms with Crippen molar-refractivity contribution < 1.29 is 0 Å². The van der Waals surface area contributed by atoms with Crippen LogP contribution in [-0.2, 0) is 26.2 Å². The molecule has 1 aliphatic heterocycles. The zero-order valence-corrected chi connectivity index (χ0v) is 18.3. The molecule has 0 saturated carbocycles. The van der Waals surface area contributed by atoms with E-state index in [0.29, 0.717) is 0 Å². The van der Waals surface area contributed by atoms with E-state index in [-0.39, 0.29) is 0 Å². The third kappa shape index (κ3) is 6.43. The van der Waals surface area contributed by atoms with Crippen LogP contribution >= 0.6 is 0 Å². The first-order chi connectivity index (χ1) is 15.3. The number of aromatic nitrogens is 2. The predicted octanol–water partition coefficient (Wildman–Crippen LogP) is 3.39. The van der Waals surface area contributed by atoms with E-state index in [1.54, 1.807) is 0 Å². The van der Waals surface area contributed by atoms with Gasteiger partial charge in [0.25, 0.3) is 0 Å². The van der Waals surface area contributed by atoms with Crippen molar-refractivity contribution >= 4 is 5.96 Å². The summed E-state index contributed by atoms with van der Waals surface area (Å²) in [6, 6.07) is 19.4. The molecule has 2 aromatic carbocycles. The summed E-state index contributed by atoms with van der Waals surface area (Å²) in [6.07, 6.45) is 6.46. The van der Waals surface area contributed by atoms with E-state index in [2.05, 4.69) is 74.2 Å². The number of hydrogen-bond acceptors (Lipinski definition) is 3. The number of nitrogens with one attached hydrogen (secondary N) is 2. The molecular formula is C25H32N6. The number of aliphatic imine (C=N–C) groups is 1. The van der Waals surface area contributed by atoms with Crippen LogP contribution in [0.3, 0.4) is 0 Å². The molecule has 6 heteroatoms. The summed E-state index contributed by atoms with van der Waals surface area (Å²) < 4.78 is 1.93. The second-order valence-electron chi connectivity index (χ2n) is 8.10. The molecule has 0 amide bonds. The topological polar surface area (TPSA) is 57.5 Å². The van der Waals surface area contributed by atoms with E-state index in [9.17, 15) is 0 Å². The number of benzene rings is 2. The van der Waals surface area contributed by atoms with Gasteiger partial charge in [-0.15, -0.1) is 0 Å². The lowest BCUT2D eigenvalue weighted by Gasteiger charge is -2.15. The molecule has 0 spiro atoms. The van der Waals surface area contributed by atoms with E-state index in [1.165, 1.54) is 48.2 Å². The summed E-state index contributed by atoms with van der Waals surface area (Å²) in [7, 11) is 1.81. The predicted molar refractivity (Wildman–Crippen MR) is 126 cm³/mol. The summed E-state index contributed by atoms with van der Waals surface area (Å²) in [5, 5.41) is 11.1. The monoisotopic (exact) mass is 416 g/mol. The van der Waals surface area contributed by atoms with Crippen molar-refractivity contribution in [3.63, 3.8) is 0 Å². The Morgan fingerprint density at radius 3 is 2.29 bits per heavy atom. The average molecular weight is 417 g/mol. The van der Waals surface area contributed by atoms with Gasteiger partial charge in [0, 0.05) is 39.1 Å². The van der Waals surface area contributed by atoms with Crippen LogP contribution < -0.4 is 10.6 Å². The minimum absolute atomic E-state index is 0.724. The Bertz CT molecular complexity index is 956. The molecule has 0 radical (unpaired) electrons. The molecule has 1 aliphatic rings. The first-order valence-electron chi connectivity index (χ1n) is 11.1. The van der Waals surface area contributed by atoms with Crippen LogP contribution in [0.1, 0.15) is 35.1 Å². The maximum atomic E-state index is 4.36. The van der Waals surface area contributed by atoms with E-state index in [0.717, 1.165) is 32.1 Å². The summed E-state index contributed by atoms with van der Waals surface area (Å²) >= 11 is 0. The normalized spacial score (nSPS) is 14.7. The summed E-state index contributed by atoms with van der Waals surface area (Å²) in [6.45, 7) is 5.79. The van der Waals surface area contributed by atoms with Crippen LogP contribution in [-0.4, -0.2) is 40.8 Å². The zero-order chi connectivity index (χ0) is 21.3. The molecule has 2 N–H and O–H groups in total. The Kier molecular flexibility index (Phi) is 7.34. The lowest BCUT2D eigenvalue weighted by atomic mass is 10.1. The van der Waals surface area contributed by atoms with Crippen molar-refractivity contribution in [2.24, 2.45) is 4.99 Å². The van der Waals surface area contributed by atoms with Crippen LogP contribution in [0.2, 0.25) is 0 Å². The molecule has 0 atom stereocenters. The third-order valence-electron chi connectivity index (χ3n) is 5.67. The van der Waals surface area contributed by atoms with Gasteiger partial charge in [-0.3, -0.25) is 14.6 Å². The van der Waals surface area contributed by atoms with Gasteiger partial charge in [0.05, 0.1) is 6.54 Å². The van der Waals surface area contributed by atoms with Gasteiger partial charge in [-0.25, -0.2) is 0 Å². The fourth-order valence-corrected chi connectivity index (χ4v) is 3.97. The first-order valence-corrected chi connectivity index (χ1v) is 11.1. The highest BCUT2D eigenvalue weighted by molar-refractivity contribution is 5.79. The Morgan fingerprint density at radius 2 is 1.58 bits per heavy atom. The van der Waals surface area contributed by atoms with Crippen LogP contribution in [0.5, 0.6) is 0 Å². The largest absolute Gasteiger partial charge is 0.352 e. The van der Waals surface area contributed by atoms with Crippen molar-refractivity contribution in [2.45, 2.75) is 39.0 Å². The highest BCUT2D eigenvalue weighted by atomic mass is 15.3. The van der Waals surface area contributed by atoms with Crippen LogP contribution in [0, 0.1) is 0 Å². The second kappa shape index (κ2) is 10.8. The number of hydrogen-bond donors (Lipinski definition) is 2. The van der Waals surface area contributed by atoms with Gasteiger partial charge in [-0.1, -0.05) is 48.5 Å². The van der Waals surface area contributed by atoms with Gasteiger partial charge in [-0.05, 0) is 54.3 Å². The van der Waals surface area contributed by atoms with Crippen LogP contribution in [0.4, 0.5) is 0 Å². The molecule has 1 fully saturated rings. The van der Waals surface area contributed by atoms with Gasteiger partial charge in [0.15, 0.2) is 5.96 Å². The van der Waals surface area contributed by atoms with E-state index in [1.807, 2.05) is 30.2 Å². The lowest BCUT2D eigenvalue weighted by molar-refractivity contribution is 0.331. The number of nitrogens with zero attached hydrogens (tertiary/aromatic N) is 4. The molecule has 2 heterocycles. The SMILES string of the molecule is CN=C(NCc1ccc(CN2CCCC2)cc1)NCc1cccc(Cn2cccn2)c1. The third-order valence-corrected chi connectivity index (χ3v) is 5.67.